The fourth-order valence-electron chi connectivity index (χ4n) is 1.44. The van der Waals surface area contributed by atoms with Gasteiger partial charge in [-0.15, -0.1) is 5.73 Å². The van der Waals surface area contributed by atoms with Crippen LogP contribution in [0.3, 0.4) is 0 Å². The van der Waals surface area contributed by atoms with Gasteiger partial charge in [-0.2, -0.15) is 0 Å². The van der Waals surface area contributed by atoms with Crippen LogP contribution in [0.15, 0.2) is 30.0 Å². The van der Waals surface area contributed by atoms with Crippen LogP contribution in [0.5, 0.6) is 0 Å². The zero-order valence-electron chi connectivity index (χ0n) is 6.56. The van der Waals surface area contributed by atoms with Crippen LogP contribution in [-0.2, 0) is 0 Å². The summed E-state index contributed by atoms with van der Waals surface area (Å²) >= 11 is 0. The fraction of sp³-hybridized carbons (Fsp3) is 0.500. The van der Waals surface area contributed by atoms with Gasteiger partial charge in [0.1, 0.15) is 0 Å². The van der Waals surface area contributed by atoms with Crippen LogP contribution in [0.25, 0.3) is 0 Å². The van der Waals surface area contributed by atoms with Gasteiger partial charge in [0, 0.05) is 5.92 Å². The Labute approximate surface area is 62.9 Å². The van der Waals surface area contributed by atoms with E-state index in [4.69, 9.17) is 0 Å². The molecule has 1 aliphatic rings. The summed E-state index contributed by atoms with van der Waals surface area (Å²) in [5.41, 5.74) is 4.38. The van der Waals surface area contributed by atoms with E-state index >= 15 is 0 Å². The molecule has 0 heteroatoms. The van der Waals surface area contributed by atoms with E-state index in [1.807, 2.05) is 0 Å². The monoisotopic (exact) mass is 134 g/mol. The molecule has 0 heterocycles. The third-order valence-electron chi connectivity index (χ3n) is 2.07. The summed E-state index contributed by atoms with van der Waals surface area (Å²) in [6, 6.07) is 0. The third-order valence-corrected chi connectivity index (χ3v) is 2.07. The molecule has 0 aromatic carbocycles. The Morgan fingerprint density at radius 3 is 3.00 bits per heavy atom. The van der Waals surface area contributed by atoms with Crippen LogP contribution in [-0.4, -0.2) is 0 Å². The maximum absolute atomic E-state index is 3.68. The van der Waals surface area contributed by atoms with Gasteiger partial charge in [-0.25, -0.2) is 0 Å². The molecule has 0 nitrogen and oxygen atoms in total. The van der Waals surface area contributed by atoms with E-state index < -0.39 is 0 Å². The first-order chi connectivity index (χ1) is 4.88. The van der Waals surface area contributed by atoms with Crippen LogP contribution < -0.4 is 0 Å². The Bertz CT molecular complexity index is 180. The lowest BCUT2D eigenvalue weighted by atomic mass is 9.97. The Balaban J connectivity index is 2.63. The van der Waals surface area contributed by atoms with Gasteiger partial charge in [-0.3, -0.25) is 0 Å². The Kier molecular flexibility index (Phi) is 2.53. The summed E-state index contributed by atoms with van der Waals surface area (Å²) in [6.45, 7) is 5.85. The zero-order valence-corrected chi connectivity index (χ0v) is 6.56. The van der Waals surface area contributed by atoms with Crippen molar-refractivity contribution in [3.8, 4) is 0 Å². The predicted octanol–water partition coefficient (Wildman–Crippen LogP) is 3.07. The number of rotatable bonds is 2. The number of hydrogen-bond donors (Lipinski definition) is 0. The molecule has 0 aromatic heterocycles. The highest BCUT2D eigenvalue weighted by Crippen LogP contribution is 2.25. The summed E-state index contributed by atoms with van der Waals surface area (Å²) < 4.78 is 0. The third kappa shape index (κ3) is 1.40. The molecule has 0 radical (unpaired) electrons. The Morgan fingerprint density at radius 2 is 2.60 bits per heavy atom. The van der Waals surface area contributed by atoms with E-state index in [0.29, 0.717) is 5.92 Å². The maximum Gasteiger partial charge on any atom is 0.00553 e. The molecular weight excluding hydrogens is 120 g/mol. The maximum atomic E-state index is 3.68. The molecule has 0 amide bonds. The molecule has 0 saturated heterocycles. The van der Waals surface area contributed by atoms with Crippen molar-refractivity contribution in [1.29, 1.82) is 0 Å². The van der Waals surface area contributed by atoms with Gasteiger partial charge in [0.15, 0.2) is 0 Å². The molecule has 54 valence electrons. The molecular formula is C10H14. The van der Waals surface area contributed by atoms with Gasteiger partial charge < -0.3 is 0 Å². The van der Waals surface area contributed by atoms with Crippen molar-refractivity contribution in [1.82, 2.24) is 0 Å². The number of hydrogen-bond acceptors (Lipinski definition) is 0. The molecule has 10 heavy (non-hydrogen) atoms. The average molecular weight is 134 g/mol. The highest BCUT2D eigenvalue weighted by Gasteiger charge is 2.11. The van der Waals surface area contributed by atoms with E-state index in [1.165, 1.54) is 18.4 Å². The first-order valence-electron chi connectivity index (χ1n) is 3.94. The first kappa shape index (κ1) is 7.37. The summed E-state index contributed by atoms with van der Waals surface area (Å²) in [6.07, 6.45) is 8.12. The summed E-state index contributed by atoms with van der Waals surface area (Å²) in [5, 5.41) is 0. The van der Waals surface area contributed by atoms with Crippen LogP contribution in [0.1, 0.15) is 26.2 Å². The van der Waals surface area contributed by atoms with Crippen molar-refractivity contribution in [2.75, 3.05) is 0 Å². The van der Waals surface area contributed by atoms with Crippen LogP contribution >= 0.6 is 0 Å². The largest absolute Gasteiger partial charge is 0.129 e. The van der Waals surface area contributed by atoms with E-state index in [2.05, 4.69) is 31.4 Å². The second-order valence-electron chi connectivity index (χ2n) is 2.67. The Morgan fingerprint density at radius 1 is 1.80 bits per heavy atom. The van der Waals surface area contributed by atoms with E-state index in [-0.39, 0.29) is 0 Å². The molecule has 0 N–H and O–H groups in total. The Hall–Kier alpha value is -0.740. The summed E-state index contributed by atoms with van der Waals surface area (Å²) in [5.74, 6) is 0.655. The molecule has 1 rings (SSSR count). The number of allylic oxidation sites excluding steroid dienone is 3. The summed E-state index contributed by atoms with van der Waals surface area (Å²) in [7, 11) is 0. The smallest absolute Gasteiger partial charge is 0.00553 e. The molecule has 0 aliphatic heterocycles. The van der Waals surface area contributed by atoms with Crippen LogP contribution in [0, 0.1) is 5.92 Å². The van der Waals surface area contributed by atoms with Crippen molar-refractivity contribution < 1.29 is 0 Å². The SMILES string of the molecule is C=C=C(CC)[C@@H]1C=CCC1. The molecule has 1 atom stereocenters. The minimum atomic E-state index is 0.655. The first-order valence-corrected chi connectivity index (χ1v) is 3.94. The lowest BCUT2D eigenvalue weighted by Crippen LogP contribution is -1.94. The molecule has 1 aliphatic carbocycles. The minimum absolute atomic E-state index is 0.655. The second kappa shape index (κ2) is 3.43. The van der Waals surface area contributed by atoms with E-state index in [1.54, 1.807) is 0 Å². The highest BCUT2D eigenvalue weighted by molar-refractivity contribution is 5.15. The highest BCUT2D eigenvalue weighted by atomic mass is 14.2. The molecule has 0 saturated carbocycles. The van der Waals surface area contributed by atoms with E-state index in [9.17, 15) is 0 Å². The predicted molar refractivity (Wildman–Crippen MR) is 44.8 cm³/mol. The van der Waals surface area contributed by atoms with Crippen molar-refractivity contribution in [3.05, 3.63) is 30.0 Å². The minimum Gasteiger partial charge on any atom is -0.129 e. The molecule has 0 aromatic rings. The van der Waals surface area contributed by atoms with Crippen molar-refractivity contribution in [3.63, 3.8) is 0 Å². The van der Waals surface area contributed by atoms with Gasteiger partial charge in [0.2, 0.25) is 0 Å². The topological polar surface area (TPSA) is 0 Å². The van der Waals surface area contributed by atoms with Crippen LogP contribution in [0.4, 0.5) is 0 Å². The fourth-order valence-corrected chi connectivity index (χ4v) is 1.44. The molecule has 0 fully saturated rings. The average Bonchev–Trinajstić information content (AvgIpc) is 2.43. The zero-order chi connectivity index (χ0) is 7.40. The lowest BCUT2D eigenvalue weighted by molar-refractivity contribution is 0.704. The van der Waals surface area contributed by atoms with Gasteiger partial charge in [0.05, 0.1) is 0 Å². The van der Waals surface area contributed by atoms with E-state index in [0.717, 1.165) is 6.42 Å². The molecule has 0 spiro atoms. The van der Waals surface area contributed by atoms with Gasteiger partial charge in [0.25, 0.3) is 0 Å². The van der Waals surface area contributed by atoms with Crippen molar-refractivity contribution in [2.24, 2.45) is 5.92 Å². The van der Waals surface area contributed by atoms with Crippen LogP contribution in [0.2, 0.25) is 0 Å². The standard InChI is InChI=1S/C10H14/c1-3-9(4-2)10-7-5-6-8-10/h5,7,10H,1,4,6,8H2,2H3/t10-/m1/s1. The molecule has 0 bridgehead atoms. The van der Waals surface area contributed by atoms with Gasteiger partial charge in [-0.1, -0.05) is 25.7 Å². The summed E-state index contributed by atoms with van der Waals surface area (Å²) in [4.78, 5) is 0. The van der Waals surface area contributed by atoms with Crippen molar-refractivity contribution >= 4 is 0 Å². The quantitative estimate of drug-likeness (QED) is 0.402. The lowest BCUT2D eigenvalue weighted by Gasteiger charge is -2.06. The van der Waals surface area contributed by atoms with Gasteiger partial charge in [-0.05, 0) is 24.8 Å². The second-order valence-corrected chi connectivity index (χ2v) is 2.67. The van der Waals surface area contributed by atoms with Gasteiger partial charge >= 0.3 is 0 Å². The van der Waals surface area contributed by atoms with Crippen molar-refractivity contribution in [2.45, 2.75) is 26.2 Å². The normalized spacial score (nSPS) is 22.7. The molecule has 0 unspecified atom stereocenters.